The molecule has 1 aromatic rings. The second-order valence-electron chi connectivity index (χ2n) is 7.47. The lowest BCUT2D eigenvalue weighted by Crippen LogP contribution is -2.30. The lowest BCUT2D eigenvalue weighted by atomic mass is 9.82. The first-order chi connectivity index (χ1) is 11.6. The van der Waals surface area contributed by atoms with Crippen molar-refractivity contribution in [2.45, 2.75) is 70.6 Å². The molecule has 0 spiro atoms. The van der Waals surface area contributed by atoms with E-state index in [0.29, 0.717) is 11.8 Å². The lowest BCUT2D eigenvalue weighted by molar-refractivity contribution is 0.255. The summed E-state index contributed by atoms with van der Waals surface area (Å²) < 4.78 is 0. The standard InChI is InChI=1S/C21H33N3/c1-4-5-6-7-8-16(2)19-10-9-18(15-22)20(21(19)23)17-11-13-24(3)14-12-17/h9-10,16-17H,4-8,11-14,23H2,1-3H3. The number of nitrogens with two attached hydrogens (primary N) is 1. The molecular formula is C21H33N3. The van der Waals surface area contributed by atoms with E-state index in [1.807, 2.05) is 6.07 Å². The average Bonchev–Trinajstić information content (AvgIpc) is 2.59. The molecule has 3 heteroatoms. The summed E-state index contributed by atoms with van der Waals surface area (Å²) in [7, 11) is 2.17. The minimum absolute atomic E-state index is 0.433. The Bertz CT molecular complexity index is 565. The fourth-order valence-corrected chi connectivity index (χ4v) is 3.95. The first-order valence-corrected chi connectivity index (χ1v) is 9.59. The lowest BCUT2D eigenvalue weighted by Gasteiger charge is -2.31. The van der Waals surface area contributed by atoms with Crippen molar-refractivity contribution in [1.29, 1.82) is 5.26 Å². The summed E-state index contributed by atoms with van der Waals surface area (Å²) in [5.41, 5.74) is 10.6. The van der Waals surface area contributed by atoms with Crippen molar-refractivity contribution < 1.29 is 0 Å². The third kappa shape index (κ3) is 4.51. The molecule has 1 saturated heterocycles. The third-order valence-corrected chi connectivity index (χ3v) is 5.59. The van der Waals surface area contributed by atoms with Gasteiger partial charge in [-0.25, -0.2) is 0 Å². The Balaban J connectivity index is 2.19. The highest BCUT2D eigenvalue weighted by Gasteiger charge is 2.25. The van der Waals surface area contributed by atoms with Crippen molar-refractivity contribution in [3.05, 3.63) is 28.8 Å². The number of nitrogens with zero attached hydrogens (tertiary/aromatic N) is 2. The molecule has 1 atom stereocenters. The Morgan fingerprint density at radius 2 is 1.96 bits per heavy atom. The van der Waals surface area contributed by atoms with Gasteiger partial charge in [0.2, 0.25) is 0 Å². The van der Waals surface area contributed by atoms with E-state index in [1.165, 1.54) is 37.7 Å². The van der Waals surface area contributed by atoms with Crippen molar-refractivity contribution in [2.24, 2.45) is 0 Å². The molecular weight excluding hydrogens is 294 g/mol. The van der Waals surface area contributed by atoms with E-state index in [2.05, 4.69) is 37.9 Å². The van der Waals surface area contributed by atoms with Gasteiger partial charge in [-0.15, -0.1) is 0 Å². The molecule has 1 aromatic carbocycles. The van der Waals surface area contributed by atoms with Crippen LogP contribution in [0.15, 0.2) is 12.1 Å². The molecule has 0 aliphatic carbocycles. The number of anilines is 1. The van der Waals surface area contributed by atoms with Gasteiger partial charge in [0.05, 0.1) is 11.6 Å². The van der Waals surface area contributed by atoms with Crippen LogP contribution in [0.3, 0.4) is 0 Å². The molecule has 0 amide bonds. The van der Waals surface area contributed by atoms with E-state index in [4.69, 9.17) is 5.73 Å². The molecule has 0 aromatic heterocycles. The van der Waals surface area contributed by atoms with Gasteiger partial charge in [0, 0.05) is 5.69 Å². The molecule has 0 bridgehead atoms. The van der Waals surface area contributed by atoms with Crippen LogP contribution in [0.4, 0.5) is 5.69 Å². The van der Waals surface area contributed by atoms with Gasteiger partial charge >= 0.3 is 0 Å². The Kier molecular flexibility index (Phi) is 7.12. The molecule has 0 saturated carbocycles. The van der Waals surface area contributed by atoms with Gasteiger partial charge in [-0.05, 0) is 68.4 Å². The van der Waals surface area contributed by atoms with Crippen LogP contribution in [-0.4, -0.2) is 25.0 Å². The summed E-state index contributed by atoms with van der Waals surface area (Å²) >= 11 is 0. The molecule has 1 fully saturated rings. The van der Waals surface area contributed by atoms with E-state index >= 15 is 0 Å². The normalized spacial score (nSPS) is 17.6. The summed E-state index contributed by atoms with van der Waals surface area (Å²) in [5.74, 6) is 0.905. The Labute approximate surface area is 147 Å². The maximum absolute atomic E-state index is 9.54. The summed E-state index contributed by atoms with van der Waals surface area (Å²) in [6.07, 6.45) is 8.54. The van der Waals surface area contributed by atoms with Gasteiger partial charge in [0.25, 0.3) is 0 Å². The van der Waals surface area contributed by atoms with Crippen LogP contribution in [-0.2, 0) is 0 Å². The Morgan fingerprint density at radius 3 is 2.58 bits per heavy atom. The van der Waals surface area contributed by atoms with Crippen LogP contribution in [0.25, 0.3) is 0 Å². The van der Waals surface area contributed by atoms with Crippen LogP contribution in [0.5, 0.6) is 0 Å². The topological polar surface area (TPSA) is 53.0 Å². The highest BCUT2D eigenvalue weighted by Crippen LogP contribution is 2.38. The van der Waals surface area contributed by atoms with Crippen LogP contribution >= 0.6 is 0 Å². The number of nitriles is 1. The molecule has 2 N–H and O–H groups in total. The molecule has 1 aliphatic heterocycles. The first-order valence-electron chi connectivity index (χ1n) is 9.59. The maximum atomic E-state index is 9.54. The third-order valence-electron chi connectivity index (χ3n) is 5.59. The predicted molar refractivity (Wildman–Crippen MR) is 102 cm³/mol. The fraction of sp³-hybridized carbons (Fsp3) is 0.667. The number of unbranched alkanes of at least 4 members (excludes halogenated alkanes) is 3. The first kappa shape index (κ1) is 18.8. The molecule has 3 nitrogen and oxygen atoms in total. The summed E-state index contributed by atoms with van der Waals surface area (Å²) in [5, 5.41) is 9.54. The second-order valence-corrected chi connectivity index (χ2v) is 7.47. The van der Waals surface area contributed by atoms with Gasteiger partial charge < -0.3 is 10.6 Å². The quantitative estimate of drug-likeness (QED) is 0.565. The van der Waals surface area contributed by atoms with E-state index in [0.717, 1.165) is 42.7 Å². The molecule has 2 rings (SSSR count). The van der Waals surface area contributed by atoms with Crippen LogP contribution in [0.1, 0.15) is 87.3 Å². The summed E-state index contributed by atoms with van der Waals surface area (Å²) in [6, 6.07) is 6.47. The zero-order valence-electron chi connectivity index (χ0n) is 15.6. The molecule has 1 aliphatic rings. The molecule has 0 radical (unpaired) electrons. The zero-order chi connectivity index (χ0) is 17.5. The molecule has 24 heavy (non-hydrogen) atoms. The number of benzene rings is 1. The minimum Gasteiger partial charge on any atom is -0.398 e. The zero-order valence-corrected chi connectivity index (χ0v) is 15.6. The predicted octanol–water partition coefficient (Wildman–Crippen LogP) is 5.02. The highest BCUT2D eigenvalue weighted by molar-refractivity contribution is 5.62. The molecule has 1 unspecified atom stereocenters. The van der Waals surface area contributed by atoms with Gasteiger partial charge in [-0.3, -0.25) is 0 Å². The largest absolute Gasteiger partial charge is 0.398 e. The van der Waals surface area contributed by atoms with Crippen LogP contribution in [0, 0.1) is 11.3 Å². The van der Waals surface area contributed by atoms with Gasteiger partial charge in [0.15, 0.2) is 0 Å². The van der Waals surface area contributed by atoms with Crippen molar-refractivity contribution in [3.8, 4) is 6.07 Å². The molecule has 132 valence electrons. The van der Waals surface area contributed by atoms with Crippen molar-refractivity contribution in [1.82, 2.24) is 4.90 Å². The number of hydrogen-bond donors (Lipinski definition) is 1. The number of nitrogen functional groups attached to an aromatic ring is 1. The van der Waals surface area contributed by atoms with Crippen molar-refractivity contribution in [3.63, 3.8) is 0 Å². The van der Waals surface area contributed by atoms with Crippen LogP contribution < -0.4 is 5.73 Å². The Hall–Kier alpha value is -1.53. The van der Waals surface area contributed by atoms with E-state index in [-0.39, 0.29) is 0 Å². The van der Waals surface area contributed by atoms with Crippen molar-refractivity contribution in [2.75, 3.05) is 25.9 Å². The molecule has 1 heterocycles. The van der Waals surface area contributed by atoms with Gasteiger partial charge in [0.1, 0.15) is 0 Å². The number of rotatable bonds is 7. The van der Waals surface area contributed by atoms with Crippen molar-refractivity contribution >= 4 is 5.69 Å². The number of piperidine rings is 1. The van der Waals surface area contributed by atoms with E-state index < -0.39 is 0 Å². The number of likely N-dealkylation sites (tertiary alicyclic amines) is 1. The highest BCUT2D eigenvalue weighted by atomic mass is 15.1. The van der Waals surface area contributed by atoms with Gasteiger partial charge in [-0.1, -0.05) is 45.6 Å². The Morgan fingerprint density at radius 1 is 1.25 bits per heavy atom. The summed E-state index contributed by atoms with van der Waals surface area (Å²) in [6.45, 7) is 6.70. The SMILES string of the molecule is CCCCCCC(C)c1ccc(C#N)c(C2CCN(C)CC2)c1N. The maximum Gasteiger partial charge on any atom is 0.0995 e. The summed E-state index contributed by atoms with van der Waals surface area (Å²) in [4.78, 5) is 2.36. The van der Waals surface area contributed by atoms with E-state index in [9.17, 15) is 5.26 Å². The smallest absolute Gasteiger partial charge is 0.0995 e. The monoisotopic (exact) mass is 327 g/mol. The fourth-order valence-electron chi connectivity index (χ4n) is 3.95. The van der Waals surface area contributed by atoms with Crippen LogP contribution in [0.2, 0.25) is 0 Å². The average molecular weight is 328 g/mol. The van der Waals surface area contributed by atoms with E-state index in [1.54, 1.807) is 0 Å². The second kappa shape index (κ2) is 9.08. The number of hydrogen-bond acceptors (Lipinski definition) is 3. The minimum atomic E-state index is 0.433. The van der Waals surface area contributed by atoms with Gasteiger partial charge in [-0.2, -0.15) is 5.26 Å².